The third-order valence-corrected chi connectivity index (χ3v) is 1.47. The molecule has 0 amide bonds. The van der Waals surface area contributed by atoms with Gasteiger partial charge in [0, 0.05) is 0 Å². The molecule has 0 heterocycles. The van der Waals surface area contributed by atoms with Crippen LogP contribution in [0.1, 0.15) is 12.5 Å². The first-order valence-electron chi connectivity index (χ1n) is 3.63. The average Bonchev–Trinajstić information content (AvgIpc) is 2.07. The van der Waals surface area contributed by atoms with Crippen LogP contribution in [0, 0.1) is 0 Å². The van der Waals surface area contributed by atoms with Crippen LogP contribution in [0.3, 0.4) is 0 Å². The third-order valence-electron chi connectivity index (χ3n) is 1.47. The van der Waals surface area contributed by atoms with E-state index in [9.17, 15) is 0 Å². The maximum Gasteiger partial charge on any atom is 0.118 e. The second-order valence-corrected chi connectivity index (χ2v) is 2.27. The highest BCUT2D eigenvalue weighted by atomic mass is 32.1. The van der Waals surface area contributed by atoms with Gasteiger partial charge in [0.05, 0.1) is 7.11 Å². The monoisotopic (exact) mass is 182 g/mol. The van der Waals surface area contributed by atoms with E-state index in [0.29, 0.717) is 0 Å². The molecule has 0 saturated heterocycles. The fourth-order valence-corrected chi connectivity index (χ4v) is 0.907. The molecule has 0 fully saturated rings. The number of rotatable bonds is 2. The fourth-order valence-electron chi connectivity index (χ4n) is 0.907. The van der Waals surface area contributed by atoms with E-state index in [0.717, 1.165) is 5.75 Å². The van der Waals surface area contributed by atoms with Gasteiger partial charge in [-0.05, 0) is 24.6 Å². The number of methoxy groups -OCH3 is 1. The van der Waals surface area contributed by atoms with Crippen LogP contribution >= 0.6 is 13.5 Å². The van der Waals surface area contributed by atoms with Crippen LogP contribution in [0.15, 0.2) is 30.3 Å². The van der Waals surface area contributed by atoms with Gasteiger partial charge in [0.1, 0.15) is 5.75 Å². The van der Waals surface area contributed by atoms with Crippen molar-refractivity contribution in [3.05, 3.63) is 35.9 Å². The summed E-state index contributed by atoms with van der Waals surface area (Å²) in [6.07, 6.45) is 4.07. The molecule has 0 bridgehead atoms. The van der Waals surface area contributed by atoms with Crippen molar-refractivity contribution in [1.82, 2.24) is 0 Å². The van der Waals surface area contributed by atoms with Crippen LogP contribution < -0.4 is 4.74 Å². The van der Waals surface area contributed by atoms with Crippen LogP contribution in [0.25, 0.3) is 6.08 Å². The van der Waals surface area contributed by atoms with Crippen molar-refractivity contribution >= 4 is 19.6 Å². The number of hydrogen-bond acceptors (Lipinski definition) is 1. The lowest BCUT2D eigenvalue weighted by Crippen LogP contribution is -1.80. The zero-order valence-corrected chi connectivity index (χ0v) is 8.37. The Morgan fingerprint density at radius 2 is 1.75 bits per heavy atom. The Morgan fingerprint density at radius 3 is 2.17 bits per heavy atom. The molecular formula is C10H14OS. The van der Waals surface area contributed by atoms with Gasteiger partial charge in [-0.2, -0.15) is 13.5 Å². The van der Waals surface area contributed by atoms with E-state index in [4.69, 9.17) is 4.74 Å². The summed E-state index contributed by atoms with van der Waals surface area (Å²) < 4.78 is 5.02. The molecule has 1 aromatic carbocycles. The highest BCUT2D eigenvalue weighted by Crippen LogP contribution is 2.11. The summed E-state index contributed by atoms with van der Waals surface area (Å²) in [5, 5.41) is 0. The summed E-state index contributed by atoms with van der Waals surface area (Å²) in [7, 11) is 1.67. The molecule has 0 unspecified atom stereocenters. The van der Waals surface area contributed by atoms with Gasteiger partial charge in [0.25, 0.3) is 0 Å². The number of hydrogen-bond donors (Lipinski definition) is 0. The minimum atomic E-state index is 0. The van der Waals surface area contributed by atoms with Crippen molar-refractivity contribution in [2.45, 2.75) is 6.92 Å². The predicted molar refractivity (Wildman–Crippen MR) is 58.1 cm³/mol. The summed E-state index contributed by atoms with van der Waals surface area (Å²) in [5.74, 6) is 0.901. The lowest BCUT2D eigenvalue weighted by molar-refractivity contribution is 0.415. The molecule has 0 radical (unpaired) electrons. The van der Waals surface area contributed by atoms with Gasteiger partial charge in [-0.1, -0.05) is 24.3 Å². The van der Waals surface area contributed by atoms with Crippen molar-refractivity contribution < 1.29 is 4.74 Å². The van der Waals surface area contributed by atoms with Crippen LogP contribution in [0.2, 0.25) is 0 Å². The summed E-state index contributed by atoms with van der Waals surface area (Å²) in [6.45, 7) is 2.00. The molecule has 0 saturated carbocycles. The lowest BCUT2D eigenvalue weighted by atomic mass is 10.2. The fraction of sp³-hybridized carbons (Fsp3) is 0.200. The molecule has 0 N–H and O–H groups in total. The van der Waals surface area contributed by atoms with E-state index in [1.54, 1.807) is 7.11 Å². The molecule has 0 aliphatic heterocycles. The molecule has 1 nitrogen and oxygen atoms in total. The van der Waals surface area contributed by atoms with Gasteiger partial charge >= 0.3 is 0 Å². The topological polar surface area (TPSA) is 9.23 Å². The van der Waals surface area contributed by atoms with Crippen LogP contribution in [0.4, 0.5) is 0 Å². The lowest BCUT2D eigenvalue weighted by Gasteiger charge is -1.98. The minimum Gasteiger partial charge on any atom is -0.497 e. The van der Waals surface area contributed by atoms with Crippen LogP contribution in [-0.2, 0) is 0 Å². The quantitative estimate of drug-likeness (QED) is 0.683. The summed E-state index contributed by atoms with van der Waals surface area (Å²) in [4.78, 5) is 0. The molecule has 66 valence electrons. The van der Waals surface area contributed by atoms with E-state index >= 15 is 0 Å². The minimum absolute atomic E-state index is 0. The van der Waals surface area contributed by atoms with Gasteiger partial charge in [-0.25, -0.2) is 0 Å². The molecule has 0 spiro atoms. The molecule has 1 rings (SSSR count). The van der Waals surface area contributed by atoms with Crippen LogP contribution in [-0.4, -0.2) is 7.11 Å². The first kappa shape index (κ1) is 11.1. The highest BCUT2D eigenvalue weighted by Gasteiger charge is 1.87. The van der Waals surface area contributed by atoms with Gasteiger partial charge in [-0.3, -0.25) is 0 Å². The normalized spacial score (nSPS) is 9.50. The summed E-state index contributed by atoms with van der Waals surface area (Å²) >= 11 is 0. The van der Waals surface area contributed by atoms with Gasteiger partial charge in [-0.15, -0.1) is 0 Å². The molecule has 12 heavy (non-hydrogen) atoms. The molecule has 1 aromatic rings. The van der Waals surface area contributed by atoms with Gasteiger partial charge < -0.3 is 4.74 Å². The second kappa shape index (κ2) is 5.72. The smallest absolute Gasteiger partial charge is 0.118 e. The molecule has 2 heteroatoms. The molecule has 0 aromatic heterocycles. The van der Waals surface area contributed by atoms with E-state index in [2.05, 4.69) is 6.08 Å². The largest absolute Gasteiger partial charge is 0.497 e. The molecule has 0 atom stereocenters. The zero-order valence-electron chi connectivity index (χ0n) is 7.37. The van der Waals surface area contributed by atoms with Crippen LogP contribution in [0.5, 0.6) is 5.75 Å². The zero-order chi connectivity index (χ0) is 8.10. The summed E-state index contributed by atoms with van der Waals surface area (Å²) in [5.41, 5.74) is 1.20. The standard InChI is InChI=1S/C10H12O.H2S/c1-3-4-9-5-7-10(11-2)8-6-9;/h3-8H,1-2H3;1H2. The SMILES string of the molecule is CC=Cc1ccc(OC)cc1.S. The van der Waals surface area contributed by atoms with E-state index < -0.39 is 0 Å². The van der Waals surface area contributed by atoms with E-state index in [1.165, 1.54) is 5.56 Å². The molecule has 0 aliphatic carbocycles. The Morgan fingerprint density at radius 1 is 1.17 bits per heavy atom. The summed E-state index contributed by atoms with van der Waals surface area (Å²) in [6, 6.07) is 7.96. The number of ether oxygens (including phenoxy) is 1. The maximum absolute atomic E-state index is 5.02. The Kier molecular flexibility index (Phi) is 5.30. The first-order valence-corrected chi connectivity index (χ1v) is 3.63. The van der Waals surface area contributed by atoms with E-state index in [-0.39, 0.29) is 13.5 Å². The Hall–Kier alpha value is -0.890. The van der Waals surface area contributed by atoms with E-state index in [1.807, 2.05) is 37.3 Å². The number of benzene rings is 1. The van der Waals surface area contributed by atoms with Crippen molar-refractivity contribution in [1.29, 1.82) is 0 Å². The Labute approximate surface area is 80.5 Å². The maximum atomic E-state index is 5.02. The predicted octanol–water partition coefficient (Wildman–Crippen LogP) is 2.84. The third kappa shape index (κ3) is 3.01. The second-order valence-electron chi connectivity index (χ2n) is 2.27. The first-order chi connectivity index (χ1) is 5.36. The van der Waals surface area contributed by atoms with Crippen molar-refractivity contribution in [3.8, 4) is 5.75 Å². The van der Waals surface area contributed by atoms with Gasteiger partial charge in [0.15, 0.2) is 0 Å². The number of allylic oxidation sites excluding steroid dienone is 1. The van der Waals surface area contributed by atoms with Crippen molar-refractivity contribution in [2.75, 3.05) is 7.11 Å². The van der Waals surface area contributed by atoms with Gasteiger partial charge in [0.2, 0.25) is 0 Å². The average molecular weight is 182 g/mol. The van der Waals surface area contributed by atoms with Crippen molar-refractivity contribution in [3.63, 3.8) is 0 Å². The Balaban J connectivity index is 0.00000121. The highest BCUT2D eigenvalue weighted by molar-refractivity contribution is 7.59. The molecule has 0 aliphatic rings. The molecular weight excluding hydrogens is 168 g/mol. The Bertz CT molecular complexity index is 239. The van der Waals surface area contributed by atoms with Crippen molar-refractivity contribution in [2.24, 2.45) is 0 Å².